The van der Waals surface area contributed by atoms with Crippen molar-refractivity contribution in [3.8, 4) is 5.75 Å². The van der Waals surface area contributed by atoms with Crippen molar-refractivity contribution < 1.29 is 4.74 Å². The quantitative estimate of drug-likeness (QED) is 0.815. The van der Waals surface area contributed by atoms with E-state index in [1.54, 1.807) is 7.11 Å². The highest BCUT2D eigenvalue weighted by atomic mass is 79.9. The summed E-state index contributed by atoms with van der Waals surface area (Å²) in [5, 5.41) is 3.72. The first-order valence-electron chi connectivity index (χ1n) is 7.22. The Hall–Kier alpha value is -0.260. The number of rotatable bonds is 3. The Morgan fingerprint density at radius 2 is 2.00 bits per heavy atom. The monoisotopic (exact) mass is 402 g/mol. The fourth-order valence-electron chi connectivity index (χ4n) is 3.41. The van der Waals surface area contributed by atoms with Gasteiger partial charge < -0.3 is 10.1 Å². The molecule has 0 bridgehead atoms. The number of halogens is 2. The molecule has 20 heavy (non-hydrogen) atoms. The number of nitrogens with zero attached hydrogens (tertiary/aromatic N) is 1. The molecule has 5 heteroatoms. The van der Waals surface area contributed by atoms with Crippen LogP contribution < -0.4 is 10.1 Å². The minimum absolute atomic E-state index is 0.553. The topological polar surface area (TPSA) is 24.5 Å². The van der Waals surface area contributed by atoms with Gasteiger partial charge in [-0.2, -0.15) is 0 Å². The second-order valence-corrected chi connectivity index (χ2v) is 7.31. The van der Waals surface area contributed by atoms with Gasteiger partial charge in [0.25, 0.3) is 0 Å². The molecular weight excluding hydrogens is 384 g/mol. The van der Waals surface area contributed by atoms with Gasteiger partial charge in [0.15, 0.2) is 0 Å². The summed E-state index contributed by atoms with van der Waals surface area (Å²) in [4.78, 5) is 2.64. The molecule has 3 rings (SSSR count). The normalized spacial score (nSPS) is 26.4. The summed E-state index contributed by atoms with van der Waals surface area (Å²) in [6.07, 6.45) is 5.28. The molecule has 1 aromatic carbocycles. The molecule has 2 fully saturated rings. The van der Waals surface area contributed by atoms with E-state index in [4.69, 9.17) is 4.74 Å². The fourth-order valence-corrected chi connectivity index (χ4v) is 4.68. The van der Waals surface area contributed by atoms with E-state index in [0.29, 0.717) is 12.1 Å². The van der Waals surface area contributed by atoms with Crippen molar-refractivity contribution in [2.45, 2.75) is 37.8 Å². The Morgan fingerprint density at radius 3 is 2.80 bits per heavy atom. The molecule has 1 N–H and O–H groups in total. The van der Waals surface area contributed by atoms with Crippen LogP contribution in [0.1, 0.15) is 25.7 Å². The molecule has 2 unspecified atom stereocenters. The molecule has 0 amide bonds. The third-order valence-electron chi connectivity index (χ3n) is 4.44. The van der Waals surface area contributed by atoms with Crippen LogP contribution in [0, 0.1) is 0 Å². The zero-order chi connectivity index (χ0) is 14.1. The molecular formula is C15H20Br2N2O. The van der Waals surface area contributed by atoms with Crippen LogP contribution in [0.2, 0.25) is 0 Å². The molecule has 0 aromatic heterocycles. The minimum Gasteiger partial charge on any atom is -0.495 e. The molecule has 110 valence electrons. The van der Waals surface area contributed by atoms with E-state index < -0.39 is 0 Å². The van der Waals surface area contributed by atoms with Crippen LogP contribution in [0.4, 0.5) is 5.69 Å². The average Bonchev–Trinajstić information content (AvgIpc) is 2.85. The molecule has 3 nitrogen and oxygen atoms in total. The Morgan fingerprint density at radius 1 is 1.15 bits per heavy atom. The lowest BCUT2D eigenvalue weighted by atomic mass is 9.99. The number of fused-ring (bicyclic) bond motifs is 1. The summed E-state index contributed by atoms with van der Waals surface area (Å²) in [6, 6.07) is 5.37. The second kappa shape index (κ2) is 6.24. The van der Waals surface area contributed by atoms with Crippen LogP contribution in [0.3, 0.4) is 0 Å². The first-order chi connectivity index (χ1) is 9.69. The smallest absolute Gasteiger partial charge is 0.135 e. The summed E-state index contributed by atoms with van der Waals surface area (Å²) in [5.74, 6) is 0.870. The van der Waals surface area contributed by atoms with E-state index in [-0.39, 0.29) is 0 Å². The molecule has 0 saturated carbocycles. The van der Waals surface area contributed by atoms with Gasteiger partial charge in [-0.3, -0.25) is 4.90 Å². The predicted molar refractivity (Wildman–Crippen MR) is 89.6 cm³/mol. The van der Waals surface area contributed by atoms with Crippen molar-refractivity contribution in [3.05, 3.63) is 21.1 Å². The molecule has 2 aliphatic heterocycles. The van der Waals surface area contributed by atoms with E-state index in [2.05, 4.69) is 54.2 Å². The maximum absolute atomic E-state index is 5.39. The zero-order valence-corrected chi connectivity index (χ0v) is 14.8. The third-order valence-corrected chi connectivity index (χ3v) is 5.71. The largest absolute Gasteiger partial charge is 0.495 e. The van der Waals surface area contributed by atoms with Gasteiger partial charge in [0.1, 0.15) is 5.75 Å². The number of benzene rings is 1. The van der Waals surface area contributed by atoms with Gasteiger partial charge >= 0.3 is 0 Å². The number of methoxy groups -OCH3 is 1. The SMILES string of the molecule is COc1cc(NC2CCN3CCCCC23)c(Br)cc1Br. The Balaban J connectivity index is 1.77. The summed E-state index contributed by atoms with van der Waals surface area (Å²) in [5.41, 5.74) is 1.13. The van der Waals surface area contributed by atoms with Crippen molar-refractivity contribution in [3.63, 3.8) is 0 Å². The van der Waals surface area contributed by atoms with Gasteiger partial charge in [0.2, 0.25) is 0 Å². The van der Waals surface area contributed by atoms with Gasteiger partial charge in [0.05, 0.1) is 17.3 Å². The summed E-state index contributed by atoms with van der Waals surface area (Å²) >= 11 is 7.16. The highest BCUT2D eigenvalue weighted by Crippen LogP contribution is 2.37. The highest BCUT2D eigenvalue weighted by molar-refractivity contribution is 9.11. The third kappa shape index (κ3) is 2.85. The van der Waals surface area contributed by atoms with Crippen molar-refractivity contribution in [2.75, 3.05) is 25.5 Å². The van der Waals surface area contributed by atoms with Crippen LogP contribution in [0.15, 0.2) is 21.1 Å². The molecule has 2 heterocycles. The van der Waals surface area contributed by atoms with Crippen LogP contribution in [0.5, 0.6) is 5.75 Å². The molecule has 0 spiro atoms. The number of nitrogens with one attached hydrogen (secondary N) is 1. The molecule has 0 radical (unpaired) electrons. The van der Waals surface area contributed by atoms with Gasteiger partial charge in [-0.05, 0) is 63.7 Å². The summed E-state index contributed by atoms with van der Waals surface area (Å²) < 4.78 is 7.45. The number of piperidine rings is 1. The maximum atomic E-state index is 5.39. The predicted octanol–water partition coefficient (Wildman–Crippen LogP) is 4.26. The molecule has 2 aliphatic rings. The Kier molecular flexibility index (Phi) is 4.58. The lowest BCUT2D eigenvalue weighted by Gasteiger charge is -2.33. The van der Waals surface area contributed by atoms with E-state index in [9.17, 15) is 0 Å². The first kappa shape index (κ1) is 14.7. The van der Waals surface area contributed by atoms with E-state index in [0.717, 1.165) is 20.4 Å². The van der Waals surface area contributed by atoms with E-state index in [1.807, 2.05) is 0 Å². The van der Waals surface area contributed by atoms with Gasteiger partial charge in [0, 0.05) is 29.2 Å². The van der Waals surface area contributed by atoms with Crippen LogP contribution >= 0.6 is 31.9 Å². The lowest BCUT2D eigenvalue weighted by Crippen LogP contribution is -2.41. The minimum atomic E-state index is 0.553. The summed E-state index contributed by atoms with van der Waals surface area (Å²) in [7, 11) is 1.70. The highest BCUT2D eigenvalue weighted by Gasteiger charge is 2.35. The zero-order valence-electron chi connectivity index (χ0n) is 11.7. The van der Waals surface area contributed by atoms with Crippen LogP contribution in [0.25, 0.3) is 0 Å². The van der Waals surface area contributed by atoms with E-state index >= 15 is 0 Å². The molecule has 1 aromatic rings. The molecule has 2 atom stereocenters. The average molecular weight is 404 g/mol. The second-order valence-electron chi connectivity index (χ2n) is 5.61. The molecule has 2 saturated heterocycles. The van der Waals surface area contributed by atoms with Crippen molar-refractivity contribution in [1.82, 2.24) is 4.90 Å². The first-order valence-corrected chi connectivity index (χ1v) is 8.81. The number of anilines is 1. The summed E-state index contributed by atoms with van der Waals surface area (Å²) in [6.45, 7) is 2.50. The lowest BCUT2D eigenvalue weighted by molar-refractivity contribution is 0.192. The van der Waals surface area contributed by atoms with Gasteiger partial charge in [-0.1, -0.05) is 6.42 Å². The number of hydrogen-bond acceptors (Lipinski definition) is 3. The van der Waals surface area contributed by atoms with Crippen LogP contribution in [-0.4, -0.2) is 37.2 Å². The fraction of sp³-hybridized carbons (Fsp3) is 0.600. The number of ether oxygens (including phenoxy) is 1. The van der Waals surface area contributed by atoms with E-state index in [1.165, 1.54) is 38.8 Å². The van der Waals surface area contributed by atoms with Crippen LogP contribution in [-0.2, 0) is 0 Å². The van der Waals surface area contributed by atoms with Crippen molar-refractivity contribution >= 4 is 37.5 Å². The number of hydrogen-bond donors (Lipinski definition) is 1. The van der Waals surface area contributed by atoms with Gasteiger partial charge in [-0.25, -0.2) is 0 Å². The maximum Gasteiger partial charge on any atom is 0.135 e. The van der Waals surface area contributed by atoms with Crippen molar-refractivity contribution in [2.24, 2.45) is 0 Å². The van der Waals surface area contributed by atoms with Gasteiger partial charge in [-0.15, -0.1) is 0 Å². The Bertz CT molecular complexity index is 495. The van der Waals surface area contributed by atoms with Crippen molar-refractivity contribution in [1.29, 1.82) is 0 Å². The standard InChI is InChI=1S/C15H20Br2N2O/c1-20-15-9-13(10(16)8-11(15)17)18-12-5-7-19-6-3-2-4-14(12)19/h8-9,12,14,18H,2-7H2,1H3. The molecule has 0 aliphatic carbocycles. The Labute approximate surface area is 137 Å².